The van der Waals surface area contributed by atoms with E-state index < -0.39 is 0 Å². The van der Waals surface area contributed by atoms with Crippen molar-refractivity contribution in [1.82, 2.24) is 9.55 Å². The van der Waals surface area contributed by atoms with Gasteiger partial charge >= 0.3 is 0 Å². The van der Waals surface area contributed by atoms with E-state index in [1.54, 1.807) is 0 Å². The summed E-state index contributed by atoms with van der Waals surface area (Å²) in [5.74, 6) is 0.929. The van der Waals surface area contributed by atoms with Crippen LogP contribution < -0.4 is 0 Å². The molecule has 0 atom stereocenters. The van der Waals surface area contributed by atoms with Gasteiger partial charge in [0.25, 0.3) is 0 Å². The Morgan fingerprint density at radius 2 is 1.32 bits per heavy atom. The summed E-state index contributed by atoms with van der Waals surface area (Å²) in [6, 6.07) is 33.7. The molecule has 1 aliphatic rings. The van der Waals surface area contributed by atoms with E-state index in [0.717, 1.165) is 17.1 Å². The number of nitrogens with zero attached hydrogens (tertiary/aromatic N) is 2. The normalized spacial score (nSPS) is 14.4. The Balaban J connectivity index is 1.18. The first-order chi connectivity index (χ1) is 20.1. The Hall–Kier alpha value is -5.21. The third-order valence-electron chi connectivity index (χ3n) is 8.44. The van der Waals surface area contributed by atoms with Gasteiger partial charge in [-0.2, -0.15) is 0 Å². The summed E-state index contributed by atoms with van der Waals surface area (Å²) >= 11 is 0. The quantitative estimate of drug-likeness (QED) is 0.210. The molecule has 2 heterocycles. The van der Waals surface area contributed by atoms with Gasteiger partial charge in [-0.05, 0) is 91.7 Å². The van der Waals surface area contributed by atoms with Crippen molar-refractivity contribution in [3.05, 3.63) is 138 Å². The molecule has 6 aromatic carbocycles. The van der Waals surface area contributed by atoms with Crippen LogP contribution in [0.15, 0.2) is 121 Å². The van der Waals surface area contributed by atoms with Gasteiger partial charge in [0.2, 0.25) is 0 Å². The zero-order valence-corrected chi connectivity index (χ0v) is 23.1. The highest BCUT2D eigenvalue weighted by Crippen LogP contribution is 2.42. The van der Waals surface area contributed by atoms with Gasteiger partial charge in [0.05, 0.1) is 5.69 Å². The lowest BCUT2D eigenvalue weighted by Crippen LogP contribution is -1.93. The maximum Gasteiger partial charge on any atom is 0.137 e. The summed E-state index contributed by atoms with van der Waals surface area (Å²) in [6.45, 7) is 4.48. The van der Waals surface area contributed by atoms with E-state index in [9.17, 15) is 0 Å². The second-order valence-corrected chi connectivity index (χ2v) is 11.0. The number of hydrogen-bond acceptors (Lipinski definition) is 1. The molecule has 2 heteroatoms. The molecule has 8 rings (SSSR count). The molecule has 41 heavy (non-hydrogen) atoms. The van der Waals surface area contributed by atoms with E-state index in [1.165, 1.54) is 65.7 Å². The number of rotatable bonds is 3. The van der Waals surface area contributed by atoms with Gasteiger partial charge in [0.15, 0.2) is 0 Å². The summed E-state index contributed by atoms with van der Waals surface area (Å²) < 4.78 is 2.06. The Kier molecular flexibility index (Phi) is 5.30. The van der Waals surface area contributed by atoms with Crippen molar-refractivity contribution in [3.8, 4) is 33.5 Å². The maximum atomic E-state index is 4.84. The molecular formula is C39H28N2. The molecule has 1 aliphatic heterocycles. The minimum atomic E-state index is 0.929. The average Bonchev–Trinajstić information content (AvgIpc) is 3.37. The average molecular weight is 525 g/mol. The number of aromatic nitrogens is 2. The SMILES string of the molecule is Cc1cc(-c2ccc(-c3cn4c(n3)/C=C/C=C/C=C4)cc2)ccc1-c1c(C)cc2ccc3cccc4ccc1c2c34. The summed E-state index contributed by atoms with van der Waals surface area (Å²) in [5, 5.41) is 7.99. The molecule has 0 spiro atoms. The molecule has 1 aromatic heterocycles. The number of imidazole rings is 1. The molecular weight excluding hydrogens is 496 g/mol. The number of aryl methyl sites for hydroxylation is 2. The predicted molar refractivity (Wildman–Crippen MR) is 175 cm³/mol. The molecule has 0 fully saturated rings. The molecule has 0 saturated carbocycles. The standard InChI is InChI=1S/C39H28N2/c1-25-22-31(27-11-13-28(14-12-27)35-24-41-21-6-4-3-5-10-36(41)40-35)18-19-33(25)37-26(2)23-32-16-15-29-8-7-9-30-17-20-34(37)39(32)38(29)30/h3-24H,1-2H3/b4-3+,10-5+,21-6?. The molecule has 0 aliphatic carbocycles. The highest BCUT2D eigenvalue weighted by atomic mass is 15.1. The molecule has 0 radical (unpaired) electrons. The van der Waals surface area contributed by atoms with Gasteiger partial charge in [-0.3, -0.25) is 0 Å². The fourth-order valence-electron chi connectivity index (χ4n) is 6.47. The predicted octanol–water partition coefficient (Wildman–Crippen LogP) is 10.5. The molecule has 0 bridgehead atoms. The van der Waals surface area contributed by atoms with Crippen molar-refractivity contribution < 1.29 is 0 Å². The van der Waals surface area contributed by atoms with Crippen molar-refractivity contribution >= 4 is 44.6 Å². The van der Waals surface area contributed by atoms with Crippen molar-refractivity contribution in [1.29, 1.82) is 0 Å². The van der Waals surface area contributed by atoms with Crippen LogP contribution in [0.1, 0.15) is 17.0 Å². The van der Waals surface area contributed by atoms with E-state index in [-0.39, 0.29) is 0 Å². The van der Waals surface area contributed by atoms with Crippen LogP contribution in [0, 0.1) is 13.8 Å². The highest BCUT2D eigenvalue weighted by molar-refractivity contribution is 6.26. The summed E-state index contributed by atoms with van der Waals surface area (Å²) in [4.78, 5) is 4.84. The molecule has 0 N–H and O–H groups in total. The summed E-state index contributed by atoms with van der Waals surface area (Å²) in [6.07, 6.45) is 14.2. The van der Waals surface area contributed by atoms with Crippen molar-refractivity contribution in [2.75, 3.05) is 0 Å². The molecule has 2 nitrogen and oxygen atoms in total. The van der Waals surface area contributed by atoms with Crippen LogP contribution in [0.3, 0.4) is 0 Å². The van der Waals surface area contributed by atoms with E-state index in [0.29, 0.717) is 0 Å². The van der Waals surface area contributed by atoms with Crippen LogP contribution in [-0.4, -0.2) is 9.55 Å². The van der Waals surface area contributed by atoms with Crippen molar-refractivity contribution in [3.63, 3.8) is 0 Å². The van der Waals surface area contributed by atoms with Crippen LogP contribution in [0.5, 0.6) is 0 Å². The molecule has 0 amide bonds. The van der Waals surface area contributed by atoms with Crippen LogP contribution in [0.4, 0.5) is 0 Å². The zero-order valence-electron chi connectivity index (χ0n) is 23.1. The summed E-state index contributed by atoms with van der Waals surface area (Å²) in [7, 11) is 0. The minimum Gasteiger partial charge on any atom is -0.306 e. The van der Waals surface area contributed by atoms with Crippen LogP contribution in [0.2, 0.25) is 0 Å². The number of benzene rings is 6. The van der Waals surface area contributed by atoms with E-state index in [4.69, 9.17) is 4.98 Å². The Morgan fingerprint density at radius 3 is 2.15 bits per heavy atom. The monoisotopic (exact) mass is 524 g/mol. The van der Waals surface area contributed by atoms with Gasteiger partial charge in [-0.15, -0.1) is 0 Å². The van der Waals surface area contributed by atoms with E-state index >= 15 is 0 Å². The fraction of sp³-hybridized carbons (Fsp3) is 0.0513. The van der Waals surface area contributed by atoms with Crippen LogP contribution in [-0.2, 0) is 0 Å². The van der Waals surface area contributed by atoms with Gasteiger partial charge in [-0.1, -0.05) is 109 Å². The van der Waals surface area contributed by atoms with Gasteiger partial charge in [0.1, 0.15) is 5.82 Å². The summed E-state index contributed by atoms with van der Waals surface area (Å²) in [5.41, 5.74) is 9.74. The Morgan fingerprint density at radius 1 is 0.585 bits per heavy atom. The first-order valence-electron chi connectivity index (χ1n) is 14.1. The lowest BCUT2D eigenvalue weighted by molar-refractivity contribution is 1.11. The van der Waals surface area contributed by atoms with E-state index in [1.807, 2.05) is 36.6 Å². The first-order valence-corrected chi connectivity index (χ1v) is 14.1. The van der Waals surface area contributed by atoms with Crippen LogP contribution >= 0.6 is 0 Å². The third kappa shape index (κ3) is 3.83. The third-order valence-corrected chi connectivity index (χ3v) is 8.44. The number of hydrogen-bond donors (Lipinski definition) is 0. The van der Waals surface area contributed by atoms with Gasteiger partial charge in [-0.25, -0.2) is 4.98 Å². The molecule has 194 valence electrons. The fourth-order valence-corrected chi connectivity index (χ4v) is 6.47. The van der Waals surface area contributed by atoms with Gasteiger partial charge in [0, 0.05) is 18.0 Å². The van der Waals surface area contributed by atoms with E-state index in [2.05, 4.69) is 116 Å². The molecule has 7 aromatic rings. The number of allylic oxidation sites excluding steroid dienone is 4. The van der Waals surface area contributed by atoms with Gasteiger partial charge < -0.3 is 4.57 Å². The lowest BCUT2D eigenvalue weighted by atomic mass is 9.85. The Bertz CT molecular complexity index is 2150. The topological polar surface area (TPSA) is 17.8 Å². The smallest absolute Gasteiger partial charge is 0.137 e. The minimum absolute atomic E-state index is 0.929. The lowest BCUT2D eigenvalue weighted by Gasteiger charge is -2.18. The second-order valence-electron chi connectivity index (χ2n) is 11.0. The maximum absolute atomic E-state index is 4.84. The molecule has 0 saturated heterocycles. The molecule has 0 unspecified atom stereocenters. The highest BCUT2D eigenvalue weighted by Gasteiger charge is 2.16. The van der Waals surface area contributed by atoms with Crippen LogP contribution in [0.25, 0.3) is 78.1 Å². The van der Waals surface area contributed by atoms with Crippen molar-refractivity contribution in [2.24, 2.45) is 0 Å². The van der Waals surface area contributed by atoms with Crippen molar-refractivity contribution in [2.45, 2.75) is 13.8 Å². The largest absolute Gasteiger partial charge is 0.306 e. The second kappa shape index (κ2) is 9.18. The zero-order chi connectivity index (χ0) is 27.5. The first kappa shape index (κ1) is 23.7. The number of fused-ring (bicyclic) bond motifs is 1. The Labute approximate surface area is 239 Å².